The fourth-order valence-electron chi connectivity index (χ4n) is 18.5. The van der Waals surface area contributed by atoms with E-state index in [4.69, 9.17) is 34.2 Å². The quantitative estimate of drug-likeness (QED) is 0.0224. The molecule has 2 aromatic carbocycles. The van der Waals surface area contributed by atoms with Gasteiger partial charge < -0.3 is 79.7 Å². The van der Waals surface area contributed by atoms with Gasteiger partial charge in [0, 0.05) is 93.4 Å². The number of carbonyl (C=O) groups excluding carboxylic acids is 9. The summed E-state index contributed by atoms with van der Waals surface area (Å²) in [5.74, 6) is -4.69. The molecule has 0 bridgehead atoms. The van der Waals surface area contributed by atoms with Crippen LogP contribution < -0.4 is 16.4 Å². The van der Waals surface area contributed by atoms with E-state index < -0.39 is 108 Å². The molecule has 0 aliphatic carbocycles. The lowest BCUT2D eigenvalue weighted by molar-refractivity contribution is -0.155. The van der Waals surface area contributed by atoms with Gasteiger partial charge in [-0.3, -0.25) is 67.7 Å². The summed E-state index contributed by atoms with van der Waals surface area (Å²) in [4.78, 5) is 153. The number of ketones is 1. The molecule has 133 heavy (non-hydrogen) atoms. The van der Waals surface area contributed by atoms with Gasteiger partial charge in [-0.25, -0.2) is 0 Å². The second-order valence-electron chi connectivity index (χ2n) is 40.2. The fourth-order valence-corrected chi connectivity index (χ4v) is 18.5. The number of hydrogen-bond acceptors (Lipinski definition) is 23. The predicted octanol–water partition coefficient (Wildman–Crippen LogP) is 12.4. The Bertz CT molecular complexity index is 4260. The molecule has 2 fully saturated rings. The first-order chi connectivity index (χ1) is 62.2. The second kappa shape index (κ2) is 55.5. The molecular formula is C103H167N11O19. The lowest BCUT2D eigenvalue weighted by Crippen LogP contribution is -2.56. The first kappa shape index (κ1) is 117. The lowest BCUT2D eigenvalue weighted by Gasteiger charge is -2.41. The summed E-state index contributed by atoms with van der Waals surface area (Å²) in [7, 11) is 13.5. The van der Waals surface area contributed by atoms with Crippen LogP contribution in [-0.4, -0.2) is 274 Å². The van der Waals surface area contributed by atoms with Crippen LogP contribution in [0.4, 0.5) is 0 Å². The first-order valence-electron chi connectivity index (χ1n) is 47.8. The Kier molecular flexibility index (Phi) is 48.6. The number of pyridine rings is 2. The van der Waals surface area contributed by atoms with E-state index >= 15 is 0 Å². The zero-order chi connectivity index (χ0) is 101. The van der Waals surface area contributed by atoms with Crippen LogP contribution in [0.1, 0.15) is 256 Å². The zero-order valence-corrected chi connectivity index (χ0v) is 85.7. The van der Waals surface area contributed by atoms with Gasteiger partial charge in [-0.15, -0.1) is 0 Å². The molecule has 748 valence electrons. The van der Waals surface area contributed by atoms with Crippen molar-refractivity contribution in [2.45, 2.75) is 338 Å². The third-order valence-electron chi connectivity index (χ3n) is 25.9. The number of likely N-dealkylation sites (tertiary alicyclic amines) is 2. The van der Waals surface area contributed by atoms with Crippen molar-refractivity contribution >= 4 is 59.1 Å². The highest BCUT2D eigenvalue weighted by molar-refractivity contribution is 5.90. The van der Waals surface area contributed by atoms with Crippen molar-refractivity contribution in [3.63, 3.8) is 0 Å². The molecule has 4 aromatic rings. The molecule has 20 atom stereocenters. The maximum Gasteiger partial charge on any atom is 0.321 e. The van der Waals surface area contributed by atoms with Crippen molar-refractivity contribution in [1.29, 1.82) is 0 Å². The number of Topliss-reactive ketones (excluding diaryl/α,β-unsaturated/α-hetero) is 1. The molecule has 6 rings (SSSR count). The third kappa shape index (κ3) is 35.7. The Morgan fingerprint density at radius 1 is 0.496 bits per heavy atom. The van der Waals surface area contributed by atoms with Crippen LogP contribution in [-0.2, 0) is 102 Å². The number of hydrogen-bond donors (Lipinski definition) is 6. The van der Waals surface area contributed by atoms with Crippen LogP contribution in [0.25, 0.3) is 0 Å². The monoisotopic (exact) mass is 1860 g/mol. The summed E-state index contributed by atoms with van der Waals surface area (Å²) in [6, 6.07) is 21.6. The number of nitrogens with zero attached hydrogens (tertiary/aromatic N) is 8. The van der Waals surface area contributed by atoms with E-state index in [-0.39, 0.29) is 139 Å². The zero-order valence-electron chi connectivity index (χ0n) is 85.7. The van der Waals surface area contributed by atoms with E-state index in [1.54, 1.807) is 109 Å². The number of likely N-dealkylation sites (N-methyl/N-ethyl adjacent to an activating group) is 4. The molecule has 0 radical (unpaired) electrons. The van der Waals surface area contributed by atoms with Gasteiger partial charge in [0.1, 0.15) is 17.2 Å². The van der Waals surface area contributed by atoms with E-state index in [2.05, 4.69) is 41.4 Å². The molecule has 2 aliphatic heterocycles. The molecule has 0 unspecified atom stereocenters. The van der Waals surface area contributed by atoms with Gasteiger partial charge in [0.2, 0.25) is 35.4 Å². The van der Waals surface area contributed by atoms with Crippen molar-refractivity contribution in [3.8, 4) is 0 Å². The highest BCUT2D eigenvalue weighted by Gasteiger charge is 2.47. The second-order valence-corrected chi connectivity index (χ2v) is 40.2. The van der Waals surface area contributed by atoms with Gasteiger partial charge in [0.15, 0.2) is 5.78 Å². The lowest BCUT2D eigenvalue weighted by atomic mass is 9.83. The average molecular weight is 1860 g/mol. The number of carbonyl (C=O) groups is 10. The van der Waals surface area contributed by atoms with Gasteiger partial charge in [0.05, 0.1) is 134 Å². The maximum absolute atomic E-state index is 14.7. The Balaban J connectivity index is 0.000000469. The van der Waals surface area contributed by atoms with Crippen molar-refractivity contribution < 1.29 is 91.7 Å². The molecule has 2 aromatic heterocycles. The number of nitrogens with two attached hydrogens (primary N) is 1. The molecule has 2 saturated heterocycles. The number of ether oxygens (including phenoxy) is 6. The van der Waals surface area contributed by atoms with Crippen molar-refractivity contribution in [2.75, 3.05) is 69.7 Å². The van der Waals surface area contributed by atoms with Crippen LogP contribution in [0.2, 0.25) is 0 Å². The smallest absolute Gasteiger partial charge is 0.321 e. The summed E-state index contributed by atoms with van der Waals surface area (Å²) in [5.41, 5.74) is 9.53. The van der Waals surface area contributed by atoms with Gasteiger partial charge >= 0.3 is 17.9 Å². The molecule has 2 aliphatic rings. The molecule has 7 N–H and O–H groups in total. The average Bonchev–Trinajstić information content (AvgIpc) is 1.48. The van der Waals surface area contributed by atoms with Gasteiger partial charge in [-0.2, -0.15) is 0 Å². The van der Waals surface area contributed by atoms with Crippen LogP contribution in [0.3, 0.4) is 0 Å². The van der Waals surface area contributed by atoms with Crippen molar-refractivity contribution in [3.05, 3.63) is 131 Å². The normalized spacial score (nSPS) is 18.3. The van der Waals surface area contributed by atoms with Crippen LogP contribution >= 0.6 is 0 Å². The third-order valence-corrected chi connectivity index (χ3v) is 25.9. The summed E-state index contributed by atoms with van der Waals surface area (Å²) in [6.45, 7) is 43.7. The number of nitrogens with one attached hydrogen (secondary N) is 2. The van der Waals surface area contributed by atoms with Gasteiger partial charge in [0.25, 0.3) is 0 Å². The Labute approximate surface area is 794 Å². The standard InChI is InChI=1S/C52H83N5O9.C33H56N4O6.C18H28N2O4/c1-16-34(6)47(43(64-14)30-44(59)57-26-20-23-41(57)49(65-15)35(7)50(62)54-36(8)48(61)38-21-18-17-19-22-38)56(13)51(63)40(32(2)3)29-42(58)46(33(4)5)55(12)31-37-24-25-53-39(27-37)28-45(60)66-52(9,10)11;1-10-21(4)29(36(7)33(41)28(34)20(2)3)26(42-8)19-27(38)37-18-14-17-25(37)31(43-9)22(5)32(40)35-23(6)30(39)24-15-12-11-13-16-24;1-12(2)16(17(22)23)20(6)11-13-7-8-19-14(9-13)10-15(21)24-18(3,4)5/h17-19,21-22,24-25,27,32-36,40-41,43,46-49,61H,16,20,23,26,28-31H2,1-15H3,(H,54,62);11-13,15-16,20-23,25-26,28-31,39H,10,14,17-19,34H2,1-9H3,(H,35,40);7-9,12,16H,10-11H2,1-6H3,(H,22,23)/t34-,35+,36+,40-,41-,43+,46-,47-,48+,49+;21-,22+,23+,25-,26+,28-,29-,30+,31+;16-/m000/s1. The number of aliphatic hydroxyl groups excluding tert-OH is 2. The Hall–Kier alpha value is -8.72. The summed E-state index contributed by atoms with van der Waals surface area (Å²) >= 11 is 0. The number of aliphatic carboxylic acids is 1. The minimum atomic E-state index is -0.894. The SMILES string of the molecule is CC(C)[C@@H](C(=O)O)N(C)Cc1ccnc(CC(=O)OC(C)(C)C)c1.CC[C@H](C)[C@@H]([C@@H](CC(=O)N1CCC[C@H]1[C@H](OC)[C@@H](C)C(=O)N[C@H](C)[C@@H](O)c1ccccc1)OC)N(C)C(=O)[C@@H](CC(=O)[C@H](C(C)C)N(C)Cc1ccnc(CC(=O)OC(C)(C)C)c1)C(C)C.CC[C@H](C)[C@@H]([C@@H](CC(=O)N1CCC[C@H]1[C@H](OC)[C@@H](C)C(=O)N[C@H](C)[C@@H](O)c1ccccc1)OC)N(C)C(=O)[C@@H](N)C(C)C. The topological polar surface area (TPSA) is 382 Å². The number of benzene rings is 2. The minimum absolute atomic E-state index is 0.00410. The highest BCUT2D eigenvalue weighted by atomic mass is 16.6. The van der Waals surface area contributed by atoms with E-state index in [0.29, 0.717) is 56.0 Å². The number of carboxylic acids is 1. The number of aliphatic hydroxyl groups is 2. The molecule has 30 nitrogen and oxygen atoms in total. The minimum Gasteiger partial charge on any atom is -0.480 e. The molecule has 0 saturated carbocycles. The first-order valence-corrected chi connectivity index (χ1v) is 47.8. The molecule has 0 spiro atoms. The van der Waals surface area contributed by atoms with Crippen LogP contribution in [0.15, 0.2) is 97.3 Å². The highest BCUT2D eigenvalue weighted by Crippen LogP contribution is 2.35. The Morgan fingerprint density at radius 2 is 0.857 bits per heavy atom. The molecule has 30 heteroatoms. The fraction of sp³-hybridized carbons (Fsp3) is 0.689. The van der Waals surface area contributed by atoms with E-state index in [9.17, 15) is 63.3 Å². The Morgan fingerprint density at radius 3 is 1.17 bits per heavy atom. The number of aromatic nitrogens is 2. The number of carboxylic acid groups (broad SMARTS) is 1. The maximum atomic E-state index is 14.7. The summed E-state index contributed by atoms with van der Waals surface area (Å²) in [5, 5.41) is 36.9. The van der Waals surface area contributed by atoms with E-state index in [1.807, 2.05) is 206 Å². The van der Waals surface area contributed by atoms with Crippen LogP contribution in [0.5, 0.6) is 0 Å². The number of esters is 2. The summed E-state index contributed by atoms with van der Waals surface area (Å²) < 4.78 is 34.6. The van der Waals surface area contributed by atoms with E-state index in [0.717, 1.165) is 42.4 Å². The summed E-state index contributed by atoms with van der Waals surface area (Å²) in [6.07, 6.45) is 3.94. The van der Waals surface area contributed by atoms with Gasteiger partial charge in [-0.1, -0.05) is 170 Å². The number of rotatable bonds is 48. The number of amides is 6. The molecular weight excluding hydrogens is 1700 g/mol. The van der Waals surface area contributed by atoms with Crippen LogP contribution in [0, 0.1) is 53.3 Å². The molecule has 6 amide bonds. The van der Waals surface area contributed by atoms with Gasteiger partial charge in [-0.05, 0) is 177 Å². The largest absolute Gasteiger partial charge is 0.480 e. The van der Waals surface area contributed by atoms with Crippen molar-refractivity contribution in [1.82, 2.24) is 50.0 Å². The van der Waals surface area contributed by atoms with Crippen molar-refractivity contribution in [2.24, 2.45) is 59.0 Å². The molecule has 4 heterocycles. The number of methoxy groups -OCH3 is 4. The predicted molar refractivity (Wildman–Crippen MR) is 516 cm³/mol. The van der Waals surface area contributed by atoms with E-state index in [1.165, 1.54) is 0 Å².